The van der Waals surface area contributed by atoms with Crippen LogP contribution < -0.4 is 11.1 Å². The molecule has 0 saturated carbocycles. The van der Waals surface area contributed by atoms with Gasteiger partial charge in [-0.05, 0) is 24.3 Å². The average Bonchev–Trinajstić information content (AvgIpc) is 2.95. The van der Waals surface area contributed by atoms with Crippen molar-refractivity contribution in [1.82, 2.24) is 15.1 Å². The molecule has 1 amide bonds. The van der Waals surface area contributed by atoms with E-state index in [1.165, 1.54) is 6.20 Å². The van der Waals surface area contributed by atoms with Gasteiger partial charge in [-0.3, -0.25) is 14.3 Å². The van der Waals surface area contributed by atoms with E-state index in [2.05, 4.69) is 25.0 Å². The van der Waals surface area contributed by atoms with Gasteiger partial charge in [0.25, 0.3) is 5.91 Å². The first kappa shape index (κ1) is 12.8. The number of carbonyl (C=O) groups excluding carboxylic acids is 1. The lowest BCUT2D eigenvalue weighted by molar-refractivity contribution is 0.102. The summed E-state index contributed by atoms with van der Waals surface area (Å²) in [4.78, 5) is 29.3. The number of aromatic nitrogens is 3. The molecule has 0 radical (unpaired) electrons. The van der Waals surface area contributed by atoms with Crippen LogP contribution in [0.4, 0.5) is 5.82 Å². The molecule has 3 rings (SSSR count). The van der Waals surface area contributed by atoms with Crippen LogP contribution in [0, 0.1) is 0 Å². The highest BCUT2D eigenvalue weighted by atomic mass is 16.5. The van der Waals surface area contributed by atoms with Crippen LogP contribution in [0.2, 0.25) is 0 Å². The molecule has 0 unspecified atom stereocenters. The number of carbonyl (C=O) groups is 1. The number of anilines is 1. The molecule has 0 saturated heterocycles. The van der Waals surface area contributed by atoms with Crippen molar-refractivity contribution in [3.63, 3.8) is 0 Å². The summed E-state index contributed by atoms with van der Waals surface area (Å²) in [5, 5.41) is 6.23. The molecule has 0 atom stereocenters. The number of rotatable bonds is 3. The maximum Gasteiger partial charge on any atom is 0.439 e. The highest BCUT2D eigenvalue weighted by molar-refractivity contribution is 6.03. The van der Waals surface area contributed by atoms with Crippen LogP contribution in [0.3, 0.4) is 0 Å². The van der Waals surface area contributed by atoms with Gasteiger partial charge in [0, 0.05) is 17.3 Å². The SMILES string of the molecule is O=C(Nc1ccc(-c2noc(=O)[nH]2)cn1)c1ccccc1. The quantitative estimate of drug-likeness (QED) is 0.761. The van der Waals surface area contributed by atoms with Crippen molar-refractivity contribution in [2.24, 2.45) is 0 Å². The summed E-state index contributed by atoms with van der Waals surface area (Å²) in [7, 11) is 0. The Morgan fingerprint density at radius 2 is 1.95 bits per heavy atom. The summed E-state index contributed by atoms with van der Waals surface area (Å²) in [6.07, 6.45) is 1.48. The fraction of sp³-hybridized carbons (Fsp3) is 0. The number of H-pyrrole nitrogens is 1. The minimum Gasteiger partial charge on any atom is -0.307 e. The Kier molecular flexibility index (Phi) is 3.30. The van der Waals surface area contributed by atoms with Crippen molar-refractivity contribution >= 4 is 11.7 Å². The molecule has 1 aromatic carbocycles. The first-order valence-corrected chi connectivity index (χ1v) is 6.11. The third-order valence-corrected chi connectivity index (χ3v) is 2.75. The Morgan fingerprint density at radius 1 is 1.14 bits per heavy atom. The molecule has 0 aliphatic rings. The van der Waals surface area contributed by atoms with Crippen molar-refractivity contribution in [3.05, 3.63) is 64.8 Å². The molecule has 0 bridgehead atoms. The first-order chi connectivity index (χ1) is 10.2. The fourth-order valence-electron chi connectivity index (χ4n) is 1.74. The number of amides is 1. The first-order valence-electron chi connectivity index (χ1n) is 6.11. The van der Waals surface area contributed by atoms with Crippen molar-refractivity contribution in [2.75, 3.05) is 5.32 Å². The van der Waals surface area contributed by atoms with Gasteiger partial charge < -0.3 is 5.32 Å². The second kappa shape index (κ2) is 5.41. The second-order valence-electron chi connectivity index (χ2n) is 4.20. The highest BCUT2D eigenvalue weighted by Crippen LogP contribution is 2.14. The molecular formula is C14H10N4O3. The maximum absolute atomic E-state index is 11.9. The molecule has 104 valence electrons. The molecule has 0 aliphatic heterocycles. The summed E-state index contributed by atoms with van der Waals surface area (Å²) in [5.41, 5.74) is 1.13. The van der Waals surface area contributed by atoms with Crippen LogP contribution in [-0.4, -0.2) is 21.0 Å². The summed E-state index contributed by atoms with van der Waals surface area (Å²) in [6, 6.07) is 12.1. The van der Waals surface area contributed by atoms with Crippen LogP contribution >= 0.6 is 0 Å². The Bertz CT molecular complexity index is 806. The zero-order valence-electron chi connectivity index (χ0n) is 10.7. The largest absolute Gasteiger partial charge is 0.439 e. The van der Waals surface area contributed by atoms with Crippen LogP contribution in [0.1, 0.15) is 10.4 Å². The molecule has 7 nitrogen and oxygen atoms in total. The van der Waals surface area contributed by atoms with Gasteiger partial charge >= 0.3 is 5.76 Å². The van der Waals surface area contributed by atoms with Crippen molar-refractivity contribution in [3.8, 4) is 11.4 Å². The van der Waals surface area contributed by atoms with Crippen molar-refractivity contribution in [2.45, 2.75) is 0 Å². The molecule has 2 aromatic heterocycles. The van der Waals surface area contributed by atoms with Gasteiger partial charge in [0.2, 0.25) is 0 Å². The van der Waals surface area contributed by atoms with Gasteiger partial charge in [0.15, 0.2) is 5.82 Å². The van der Waals surface area contributed by atoms with Crippen molar-refractivity contribution < 1.29 is 9.32 Å². The molecule has 0 fully saturated rings. The summed E-state index contributed by atoms with van der Waals surface area (Å²) < 4.78 is 4.41. The normalized spacial score (nSPS) is 10.3. The predicted octanol–water partition coefficient (Wildman–Crippen LogP) is 1.68. The van der Waals surface area contributed by atoms with E-state index < -0.39 is 5.76 Å². The minimum absolute atomic E-state index is 0.245. The molecular weight excluding hydrogens is 272 g/mol. The van der Waals surface area contributed by atoms with E-state index >= 15 is 0 Å². The number of hydrogen-bond donors (Lipinski definition) is 2. The number of pyridine rings is 1. The smallest absolute Gasteiger partial charge is 0.307 e. The topological polar surface area (TPSA) is 101 Å². The van der Waals surface area contributed by atoms with E-state index in [1.807, 2.05) is 6.07 Å². The molecule has 2 heterocycles. The molecule has 21 heavy (non-hydrogen) atoms. The third kappa shape index (κ3) is 2.86. The number of hydrogen-bond acceptors (Lipinski definition) is 5. The summed E-state index contributed by atoms with van der Waals surface area (Å²) in [6.45, 7) is 0. The van der Waals surface area contributed by atoms with E-state index in [1.54, 1.807) is 36.4 Å². The van der Waals surface area contributed by atoms with Crippen LogP contribution in [0.25, 0.3) is 11.4 Å². The standard InChI is InChI=1S/C14H10N4O3/c19-13(9-4-2-1-3-5-9)16-11-7-6-10(8-15-11)12-17-14(20)21-18-12/h1-8H,(H,15,16,19)(H,17,18,20). The van der Waals surface area contributed by atoms with E-state index in [-0.39, 0.29) is 11.7 Å². The van der Waals surface area contributed by atoms with Gasteiger partial charge in [0.1, 0.15) is 5.82 Å². The molecule has 0 spiro atoms. The zero-order chi connectivity index (χ0) is 14.7. The van der Waals surface area contributed by atoms with Gasteiger partial charge in [-0.15, -0.1) is 0 Å². The molecule has 0 aliphatic carbocycles. The summed E-state index contributed by atoms with van der Waals surface area (Å²) >= 11 is 0. The lowest BCUT2D eigenvalue weighted by atomic mass is 10.2. The predicted molar refractivity (Wildman–Crippen MR) is 74.7 cm³/mol. The number of nitrogens with one attached hydrogen (secondary N) is 2. The van der Waals surface area contributed by atoms with Gasteiger partial charge in [-0.2, -0.15) is 0 Å². The molecule has 7 heteroatoms. The minimum atomic E-state index is -0.633. The van der Waals surface area contributed by atoms with Gasteiger partial charge in [0.05, 0.1) is 0 Å². The van der Waals surface area contributed by atoms with E-state index in [0.29, 0.717) is 16.9 Å². The Hall–Kier alpha value is -3.22. The molecule has 3 aromatic rings. The Balaban J connectivity index is 1.76. The highest BCUT2D eigenvalue weighted by Gasteiger charge is 2.08. The number of nitrogens with zero attached hydrogens (tertiary/aromatic N) is 2. The average molecular weight is 282 g/mol. The van der Waals surface area contributed by atoms with Gasteiger partial charge in [-0.1, -0.05) is 23.4 Å². The Labute approximate surface area is 118 Å². The van der Waals surface area contributed by atoms with E-state index in [0.717, 1.165) is 0 Å². The third-order valence-electron chi connectivity index (χ3n) is 2.75. The van der Waals surface area contributed by atoms with Crippen LogP contribution in [0.15, 0.2) is 58.0 Å². The maximum atomic E-state index is 11.9. The number of aromatic amines is 1. The van der Waals surface area contributed by atoms with Crippen molar-refractivity contribution in [1.29, 1.82) is 0 Å². The van der Waals surface area contributed by atoms with Crippen LogP contribution in [0.5, 0.6) is 0 Å². The Morgan fingerprint density at radius 3 is 2.57 bits per heavy atom. The van der Waals surface area contributed by atoms with Gasteiger partial charge in [-0.25, -0.2) is 9.78 Å². The zero-order valence-corrected chi connectivity index (χ0v) is 10.7. The number of benzene rings is 1. The molecule has 2 N–H and O–H groups in total. The van der Waals surface area contributed by atoms with E-state index in [4.69, 9.17) is 0 Å². The second-order valence-corrected chi connectivity index (χ2v) is 4.20. The lowest BCUT2D eigenvalue weighted by Crippen LogP contribution is -2.12. The lowest BCUT2D eigenvalue weighted by Gasteiger charge is -2.04. The summed E-state index contributed by atoms with van der Waals surface area (Å²) in [5.74, 6) is -0.191. The monoisotopic (exact) mass is 282 g/mol. The fourth-order valence-corrected chi connectivity index (χ4v) is 1.74. The van der Waals surface area contributed by atoms with E-state index in [9.17, 15) is 9.59 Å². The van der Waals surface area contributed by atoms with Crippen LogP contribution in [-0.2, 0) is 0 Å².